The summed E-state index contributed by atoms with van der Waals surface area (Å²) in [5, 5.41) is 5.32. The van der Waals surface area contributed by atoms with Crippen LogP contribution in [0.3, 0.4) is 0 Å². The van der Waals surface area contributed by atoms with E-state index in [4.69, 9.17) is 34.8 Å². The number of anilines is 2. The maximum absolute atomic E-state index is 6.18. The smallest absolute Gasteiger partial charge is 0.225 e. The standard InChI is InChI=1S/C14H10Cl3N3S/c1-2-7-6-8-12(19-14(17)20-13(8)21-7)18-11-9(15)4-3-5-10(11)16/h3-6H,2H2,1H3,(H,18,19,20). The van der Waals surface area contributed by atoms with Gasteiger partial charge in [0, 0.05) is 4.88 Å². The number of para-hydroxylation sites is 1. The van der Waals surface area contributed by atoms with Gasteiger partial charge < -0.3 is 5.32 Å². The van der Waals surface area contributed by atoms with Gasteiger partial charge in [-0.1, -0.05) is 36.2 Å². The number of thiophene rings is 1. The molecule has 0 unspecified atom stereocenters. The minimum absolute atomic E-state index is 0.192. The number of nitrogens with zero attached hydrogens (tertiary/aromatic N) is 2. The first-order chi connectivity index (χ1) is 10.1. The van der Waals surface area contributed by atoms with Crippen molar-refractivity contribution >= 4 is 67.9 Å². The Hall–Kier alpha value is -1.07. The summed E-state index contributed by atoms with van der Waals surface area (Å²) in [7, 11) is 0. The molecular formula is C14H10Cl3N3S. The highest BCUT2D eigenvalue weighted by Crippen LogP contribution is 2.36. The molecule has 108 valence electrons. The molecule has 0 amide bonds. The van der Waals surface area contributed by atoms with Crippen LogP contribution in [0.15, 0.2) is 24.3 Å². The zero-order valence-corrected chi connectivity index (χ0v) is 14.0. The third-order valence-electron chi connectivity index (χ3n) is 2.97. The van der Waals surface area contributed by atoms with Crippen molar-refractivity contribution < 1.29 is 0 Å². The van der Waals surface area contributed by atoms with Gasteiger partial charge in [0.05, 0.1) is 21.1 Å². The summed E-state index contributed by atoms with van der Waals surface area (Å²) in [6.45, 7) is 2.10. The highest BCUT2D eigenvalue weighted by Gasteiger charge is 2.13. The van der Waals surface area contributed by atoms with Crippen LogP contribution >= 0.6 is 46.1 Å². The second-order valence-corrected chi connectivity index (χ2v) is 6.62. The van der Waals surface area contributed by atoms with Gasteiger partial charge in [-0.25, -0.2) is 4.98 Å². The summed E-state index contributed by atoms with van der Waals surface area (Å²) >= 11 is 20.0. The van der Waals surface area contributed by atoms with E-state index in [0.717, 1.165) is 16.6 Å². The fourth-order valence-electron chi connectivity index (χ4n) is 1.95. The summed E-state index contributed by atoms with van der Waals surface area (Å²) in [6, 6.07) is 7.38. The van der Waals surface area contributed by atoms with E-state index in [2.05, 4.69) is 28.3 Å². The Kier molecular flexibility index (Phi) is 4.22. The zero-order chi connectivity index (χ0) is 15.0. The second-order valence-electron chi connectivity index (χ2n) is 4.35. The lowest BCUT2D eigenvalue weighted by atomic mass is 10.3. The average molecular weight is 359 g/mol. The Morgan fingerprint density at radius 1 is 1.14 bits per heavy atom. The van der Waals surface area contributed by atoms with Crippen LogP contribution in [0.2, 0.25) is 15.3 Å². The number of nitrogens with one attached hydrogen (secondary N) is 1. The quantitative estimate of drug-likeness (QED) is 0.587. The first-order valence-corrected chi connectivity index (χ1v) is 8.20. The minimum atomic E-state index is 0.192. The maximum atomic E-state index is 6.18. The molecule has 3 aromatic rings. The number of fused-ring (bicyclic) bond motifs is 1. The van der Waals surface area contributed by atoms with E-state index in [1.54, 1.807) is 29.5 Å². The van der Waals surface area contributed by atoms with Crippen molar-refractivity contribution in [3.05, 3.63) is 44.5 Å². The third kappa shape index (κ3) is 2.94. The molecule has 3 rings (SSSR count). The van der Waals surface area contributed by atoms with Crippen molar-refractivity contribution in [1.82, 2.24) is 9.97 Å². The molecule has 0 radical (unpaired) electrons. The van der Waals surface area contributed by atoms with Gasteiger partial charge in [-0.05, 0) is 36.2 Å². The molecule has 0 bridgehead atoms. The van der Waals surface area contributed by atoms with E-state index < -0.39 is 0 Å². The first-order valence-electron chi connectivity index (χ1n) is 6.25. The molecule has 2 aromatic heterocycles. The molecule has 2 heterocycles. The number of aryl methyl sites for hydroxylation is 1. The Balaban J connectivity index is 2.13. The predicted molar refractivity (Wildman–Crippen MR) is 91.5 cm³/mol. The van der Waals surface area contributed by atoms with Crippen LogP contribution in [-0.2, 0) is 6.42 Å². The normalized spacial score (nSPS) is 11.0. The van der Waals surface area contributed by atoms with Crippen LogP contribution in [-0.4, -0.2) is 9.97 Å². The molecule has 0 spiro atoms. The number of hydrogen-bond acceptors (Lipinski definition) is 4. The fraction of sp³-hybridized carbons (Fsp3) is 0.143. The maximum Gasteiger partial charge on any atom is 0.225 e. The number of rotatable bonds is 3. The van der Waals surface area contributed by atoms with Crippen LogP contribution in [0, 0.1) is 0 Å². The molecule has 0 aliphatic rings. The third-order valence-corrected chi connectivity index (χ3v) is 4.94. The van der Waals surface area contributed by atoms with Gasteiger partial charge in [0.25, 0.3) is 0 Å². The molecule has 3 nitrogen and oxygen atoms in total. The lowest BCUT2D eigenvalue weighted by Gasteiger charge is -2.10. The van der Waals surface area contributed by atoms with Gasteiger partial charge in [-0.3, -0.25) is 0 Å². The molecule has 1 aromatic carbocycles. The number of benzene rings is 1. The Labute approximate surface area is 140 Å². The topological polar surface area (TPSA) is 37.8 Å². The summed E-state index contributed by atoms with van der Waals surface area (Å²) in [4.78, 5) is 10.6. The van der Waals surface area contributed by atoms with E-state index in [1.165, 1.54) is 4.88 Å². The van der Waals surface area contributed by atoms with Gasteiger partial charge >= 0.3 is 0 Å². The second kappa shape index (κ2) is 5.97. The van der Waals surface area contributed by atoms with Gasteiger partial charge in [0.1, 0.15) is 10.6 Å². The van der Waals surface area contributed by atoms with Crippen molar-refractivity contribution in [1.29, 1.82) is 0 Å². The van der Waals surface area contributed by atoms with E-state index in [0.29, 0.717) is 21.6 Å². The van der Waals surface area contributed by atoms with Crippen molar-refractivity contribution in [2.75, 3.05) is 5.32 Å². The lowest BCUT2D eigenvalue weighted by Crippen LogP contribution is -1.97. The largest absolute Gasteiger partial charge is 0.337 e. The molecule has 1 N–H and O–H groups in total. The van der Waals surface area contributed by atoms with Gasteiger partial charge in [-0.15, -0.1) is 11.3 Å². The van der Waals surface area contributed by atoms with E-state index >= 15 is 0 Å². The summed E-state index contributed by atoms with van der Waals surface area (Å²) in [5.41, 5.74) is 0.612. The molecule has 0 saturated heterocycles. The number of aromatic nitrogens is 2. The molecular weight excluding hydrogens is 349 g/mol. The first kappa shape index (κ1) is 14.9. The number of hydrogen-bond donors (Lipinski definition) is 1. The summed E-state index contributed by atoms with van der Waals surface area (Å²) in [5.74, 6) is 0.607. The lowest BCUT2D eigenvalue weighted by molar-refractivity contribution is 1.19. The molecule has 0 saturated carbocycles. The highest BCUT2D eigenvalue weighted by molar-refractivity contribution is 7.18. The van der Waals surface area contributed by atoms with Crippen LogP contribution in [0.25, 0.3) is 10.2 Å². The van der Waals surface area contributed by atoms with Crippen molar-refractivity contribution in [2.24, 2.45) is 0 Å². The van der Waals surface area contributed by atoms with Crippen LogP contribution in [0.4, 0.5) is 11.5 Å². The minimum Gasteiger partial charge on any atom is -0.337 e. The zero-order valence-electron chi connectivity index (χ0n) is 11.0. The van der Waals surface area contributed by atoms with Crippen molar-refractivity contribution in [3.63, 3.8) is 0 Å². The molecule has 0 fully saturated rings. The molecule has 0 atom stereocenters. The van der Waals surface area contributed by atoms with E-state index in [1.807, 2.05) is 0 Å². The molecule has 21 heavy (non-hydrogen) atoms. The monoisotopic (exact) mass is 357 g/mol. The number of halogens is 3. The summed E-state index contributed by atoms with van der Waals surface area (Å²) < 4.78 is 0. The Bertz CT molecular complexity index is 796. The van der Waals surface area contributed by atoms with Gasteiger partial charge in [-0.2, -0.15) is 4.98 Å². The Morgan fingerprint density at radius 3 is 2.52 bits per heavy atom. The average Bonchev–Trinajstić information content (AvgIpc) is 2.86. The predicted octanol–water partition coefficient (Wildman–Crippen LogP) is 5.96. The fourth-order valence-corrected chi connectivity index (χ4v) is 3.63. The van der Waals surface area contributed by atoms with E-state index in [9.17, 15) is 0 Å². The van der Waals surface area contributed by atoms with Crippen LogP contribution < -0.4 is 5.32 Å². The summed E-state index contributed by atoms with van der Waals surface area (Å²) in [6.07, 6.45) is 0.935. The van der Waals surface area contributed by atoms with Crippen molar-refractivity contribution in [3.8, 4) is 0 Å². The SMILES string of the molecule is CCc1cc2c(Nc3c(Cl)cccc3Cl)nc(Cl)nc2s1. The Morgan fingerprint density at radius 2 is 1.86 bits per heavy atom. The molecule has 7 heteroatoms. The van der Waals surface area contributed by atoms with Crippen molar-refractivity contribution in [2.45, 2.75) is 13.3 Å². The van der Waals surface area contributed by atoms with E-state index in [-0.39, 0.29) is 5.28 Å². The molecule has 0 aliphatic carbocycles. The van der Waals surface area contributed by atoms with Gasteiger partial charge in [0.2, 0.25) is 5.28 Å². The van der Waals surface area contributed by atoms with Crippen LogP contribution in [0.1, 0.15) is 11.8 Å². The van der Waals surface area contributed by atoms with Crippen LogP contribution in [0.5, 0.6) is 0 Å². The highest BCUT2D eigenvalue weighted by atomic mass is 35.5. The molecule has 0 aliphatic heterocycles. The van der Waals surface area contributed by atoms with Gasteiger partial charge in [0.15, 0.2) is 0 Å².